The Morgan fingerprint density at radius 2 is 1.38 bits per heavy atom. The second-order valence-corrected chi connectivity index (χ2v) is 20.9. The van der Waals surface area contributed by atoms with Crippen molar-refractivity contribution in [2.75, 3.05) is 52.0 Å². The van der Waals surface area contributed by atoms with E-state index in [9.17, 15) is 24.3 Å². The van der Waals surface area contributed by atoms with Crippen molar-refractivity contribution in [1.82, 2.24) is 46.0 Å². The molecule has 3 fully saturated rings. The zero-order valence-corrected chi connectivity index (χ0v) is 42.0. The molecule has 5 heterocycles. The van der Waals surface area contributed by atoms with Gasteiger partial charge < -0.3 is 40.2 Å². The first-order valence-corrected chi connectivity index (χ1v) is 24.0. The Balaban J connectivity index is 1.14. The number of aliphatic hydroxyl groups is 1. The maximum atomic E-state index is 16.0. The van der Waals surface area contributed by atoms with Crippen LogP contribution in [0.25, 0.3) is 22.4 Å². The molecule has 71 heavy (non-hydrogen) atoms. The number of piperazine rings is 1. The van der Waals surface area contributed by atoms with Gasteiger partial charge >= 0.3 is 12.2 Å². The van der Waals surface area contributed by atoms with E-state index in [1.807, 2.05) is 42.6 Å². The first-order chi connectivity index (χ1) is 33.6. The first kappa shape index (κ1) is 52.6. The van der Waals surface area contributed by atoms with E-state index in [1.54, 1.807) is 60.9 Å². The number of benzene rings is 2. The van der Waals surface area contributed by atoms with Crippen molar-refractivity contribution < 1.29 is 47.3 Å². The Hall–Kier alpha value is -6.22. The van der Waals surface area contributed by atoms with Crippen molar-refractivity contribution in [3.8, 4) is 22.4 Å². The molecule has 4 amide bonds. The highest BCUT2D eigenvalue weighted by Gasteiger charge is 2.45. The molecule has 3 unspecified atom stereocenters. The highest BCUT2D eigenvalue weighted by molar-refractivity contribution is 5.87. The lowest BCUT2D eigenvalue weighted by Gasteiger charge is -2.48. The van der Waals surface area contributed by atoms with Crippen molar-refractivity contribution in [3.05, 3.63) is 89.8 Å². The third-order valence-electron chi connectivity index (χ3n) is 13.5. The smallest absolute Gasteiger partial charge is 0.407 e. The number of hydrogen-bond donors (Lipinski definition) is 5. The summed E-state index contributed by atoms with van der Waals surface area (Å²) in [5.41, 5.74) is 3.52. The van der Waals surface area contributed by atoms with Crippen LogP contribution >= 0.6 is 0 Å². The van der Waals surface area contributed by atoms with Crippen LogP contribution in [-0.2, 0) is 43.8 Å². The second-order valence-electron chi connectivity index (χ2n) is 20.9. The molecule has 18 nitrogen and oxygen atoms in total. The lowest BCUT2D eigenvalue weighted by Crippen LogP contribution is -2.62. The van der Waals surface area contributed by atoms with Crippen LogP contribution in [0.15, 0.2) is 67.0 Å². The van der Waals surface area contributed by atoms with E-state index in [0.29, 0.717) is 29.4 Å². The van der Waals surface area contributed by atoms with Crippen molar-refractivity contribution in [3.63, 3.8) is 0 Å². The number of carbonyl (C=O) groups is 4. The van der Waals surface area contributed by atoms with Gasteiger partial charge in [0.1, 0.15) is 29.5 Å². The zero-order valence-electron chi connectivity index (χ0n) is 42.0. The number of aryl methyl sites for hydroxylation is 1. The molecular weight excluding hydrogens is 919 g/mol. The summed E-state index contributed by atoms with van der Waals surface area (Å²) in [5, 5.41) is 25.6. The Morgan fingerprint density at radius 1 is 0.803 bits per heavy atom. The molecule has 2 aromatic carbocycles. The van der Waals surface area contributed by atoms with Gasteiger partial charge in [0.05, 0.1) is 51.3 Å². The average molecular weight is 987 g/mol. The van der Waals surface area contributed by atoms with Gasteiger partial charge in [-0.15, -0.1) is 0 Å². The summed E-state index contributed by atoms with van der Waals surface area (Å²) in [4.78, 5) is 63.1. The minimum Gasteiger partial charge on any atom is -0.453 e. The number of anilines is 1. The van der Waals surface area contributed by atoms with E-state index in [1.165, 1.54) is 24.6 Å². The highest BCUT2D eigenvalue weighted by Crippen LogP contribution is 2.36. The Bertz CT molecular complexity index is 2470. The van der Waals surface area contributed by atoms with Gasteiger partial charge in [0.15, 0.2) is 0 Å². The van der Waals surface area contributed by atoms with Crippen LogP contribution in [0.1, 0.15) is 65.5 Å². The number of carbonyl (C=O) groups excluding carboxylic acids is 4. The van der Waals surface area contributed by atoms with E-state index in [2.05, 4.69) is 36.3 Å². The number of nitrogens with one attached hydrogen (secondary N) is 4. The number of amides is 4. The second kappa shape index (κ2) is 22.0. The topological polar surface area (TPSA) is 205 Å². The number of alkyl carbamates (subject to hydrolysis) is 2. The maximum Gasteiger partial charge on any atom is 0.407 e. The van der Waals surface area contributed by atoms with Crippen LogP contribution in [0.2, 0.25) is 0 Å². The van der Waals surface area contributed by atoms with Gasteiger partial charge in [-0.05, 0) is 71.6 Å². The fourth-order valence-electron chi connectivity index (χ4n) is 9.58. The van der Waals surface area contributed by atoms with Gasteiger partial charge in [-0.3, -0.25) is 24.6 Å². The van der Waals surface area contributed by atoms with Crippen molar-refractivity contribution in [1.29, 1.82) is 0 Å². The van der Waals surface area contributed by atoms with Gasteiger partial charge in [-0.2, -0.15) is 5.10 Å². The summed E-state index contributed by atoms with van der Waals surface area (Å²) in [5.74, 6) is -2.37. The molecule has 7 rings (SSSR count). The van der Waals surface area contributed by atoms with Gasteiger partial charge in [-0.25, -0.2) is 28.4 Å². The fraction of sp³-hybridized carbons (Fsp3) is 0.529. The molecule has 2 bridgehead atoms. The molecule has 20 heteroatoms. The summed E-state index contributed by atoms with van der Waals surface area (Å²) < 4.78 is 48.7. The number of aromatic nitrogens is 3. The normalized spacial score (nSPS) is 19.0. The van der Waals surface area contributed by atoms with Crippen molar-refractivity contribution in [2.45, 2.75) is 110 Å². The Morgan fingerprint density at radius 3 is 1.87 bits per heavy atom. The molecule has 3 saturated heterocycles. The number of hydrogen-bond acceptors (Lipinski definition) is 13. The minimum atomic E-state index is -1.53. The number of ether oxygens (including phenoxy) is 3. The summed E-state index contributed by atoms with van der Waals surface area (Å²) in [7, 11) is 4.00. The summed E-state index contributed by atoms with van der Waals surface area (Å²) in [6, 6.07) is 13.6. The van der Waals surface area contributed by atoms with Gasteiger partial charge in [0.25, 0.3) is 5.91 Å². The van der Waals surface area contributed by atoms with Crippen molar-refractivity contribution >= 4 is 29.8 Å². The number of aliphatic hydroxyl groups excluding tert-OH is 1. The molecule has 6 atom stereocenters. The molecule has 0 saturated carbocycles. The van der Waals surface area contributed by atoms with Crippen LogP contribution in [0, 0.1) is 22.5 Å². The van der Waals surface area contributed by atoms with Crippen LogP contribution in [0.4, 0.5) is 24.2 Å². The Labute approximate surface area is 413 Å². The number of pyridine rings is 1. The number of hydrazine groups is 1. The lowest BCUT2D eigenvalue weighted by molar-refractivity contribution is -0.132. The largest absolute Gasteiger partial charge is 0.453 e. The summed E-state index contributed by atoms with van der Waals surface area (Å²) in [6.45, 7) is 12.8. The molecule has 0 radical (unpaired) electrons. The Kier molecular flexibility index (Phi) is 16.3. The summed E-state index contributed by atoms with van der Waals surface area (Å²) >= 11 is 0. The number of methoxy groups -OCH3 is 2. The van der Waals surface area contributed by atoms with E-state index in [0.717, 1.165) is 67.5 Å². The maximum absolute atomic E-state index is 16.0. The van der Waals surface area contributed by atoms with Gasteiger partial charge in [0, 0.05) is 74.4 Å². The van der Waals surface area contributed by atoms with E-state index >= 15 is 8.78 Å². The number of halogens is 2. The van der Waals surface area contributed by atoms with Gasteiger partial charge in [-0.1, -0.05) is 65.8 Å². The monoisotopic (exact) mass is 987 g/mol. The van der Waals surface area contributed by atoms with Crippen LogP contribution in [0.3, 0.4) is 0 Å². The van der Waals surface area contributed by atoms with Gasteiger partial charge in [0.2, 0.25) is 5.91 Å². The van der Waals surface area contributed by atoms with Crippen LogP contribution in [-0.4, -0.2) is 143 Å². The zero-order chi connectivity index (χ0) is 51.4. The molecule has 3 aliphatic rings. The predicted molar refractivity (Wildman–Crippen MR) is 261 cm³/mol. The quantitative estimate of drug-likeness (QED) is 0.0891. The summed E-state index contributed by atoms with van der Waals surface area (Å²) in [6.07, 6.45) is 2.63. The predicted octanol–water partition coefficient (Wildman–Crippen LogP) is 4.94. The molecule has 384 valence electrons. The number of rotatable bonds is 17. The third kappa shape index (κ3) is 12.8. The first-order valence-electron chi connectivity index (χ1n) is 24.0. The molecular formula is C51H68F2N10O8. The number of fused-ring (bicyclic) bond motifs is 2. The molecule has 0 spiro atoms. The molecule has 3 aliphatic heterocycles. The van der Waals surface area contributed by atoms with E-state index in [4.69, 9.17) is 19.2 Å². The third-order valence-corrected chi connectivity index (χ3v) is 13.5. The molecule has 0 aliphatic carbocycles. The molecule has 2 aromatic heterocycles. The van der Waals surface area contributed by atoms with Crippen LogP contribution < -0.4 is 26.3 Å². The SMILES string of the molecule is COC(=O)NC(C(=O)N[C@@H](Cc1ccc(-c2ccc(N3CC4CCC(C3)N4C3COC3)nc2)cc1)[C@@H](O)CN(Cc1c(F)cc(-c2ccn(C)n2)cc1F)NC(=O)[C@@H](NC(=O)OC)C(C)(C)C)C(C)(C)C. The minimum absolute atomic E-state index is 0.0402. The highest BCUT2D eigenvalue weighted by atomic mass is 19.1. The van der Waals surface area contributed by atoms with E-state index in [-0.39, 0.29) is 12.0 Å². The lowest BCUT2D eigenvalue weighted by atomic mass is 9.85. The average Bonchev–Trinajstić information content (AvgIpc) is 3.84. The molecule has 5 N–H and O–H groups in total. The van der Waals surface area contributed by atoms with E-state index < -0.39 is 89.3 Å². The van der Waals surface area contributed by atoms with Crippen molar-refractivity contribution in [2.24, 2.45) is 17.9 Å². The van der Waals surface area contributed by atoms with Crippen LogP contribution in [0.5, 0.6) is 0 Å². The number of nitrogens with zero attached hydrogens (tertiary/aromatic N) is 6. The fourth-order valence-corrected chi connectivity index (χ4v) is 9.58. The molecule has 4 aromatic rings. The standard InChI is InChI=1S/C51H68F2N10O8/c1-50(2,3)44(56-48(67)69-8)46(65)55-41(20-30-10-12-31(13-11-30)32-14-17-43(54-23-32)61-24-34-15-16-35(25-61)63(34)36-28-71-29-36)42(64)27-62(59-47(66)45(51(4,5)6)57-49(68)70-9)26-37-38(52)21-33(22-39(37)53)40-18-19-60(7)58-40/h10-14,17-19,21-23,34-36,41-42,44-45,64H,15-16,20,24-29H2,1-9H3,(H,55,65)(H,56,67)(H,57,68)(H,59,66)/t34?,35?,41-,42-,44?,45+/m0/s1.